The molecule has 168 valence electrons. The zero-order chi connectivity index (χ0) is 22.5. The van der Waals surface area contributed by atoms with Crippen molar-refractivity contribution < 1.29 is 9.53 Å². The minimum Gasteiger partial charge on any atom is -0.495 e. The number of amides is 1. The largest absolute Gasteiger partial charge is 0.495 e. The lowest BCUT2D eigenvalue weighted by atomic mass is 9.83. The molecule has 1 aliphatic heterocycles. The van der Waals surface area contributed by atoms with Crippen molar-refractivity contribution in [1.29, 1.82) is 0 Å². The van der Waals surface area contributed by atoms with Crippen LogP contribution in [0.5, 0.6) is 5.75 Å². The molecule has 2 aromatic carbocycles. The summed E-state index contributed by atoms with van der Waals surface area (Å²) in [5, 5.41) is 8.74. The predicted octanol–water partition coefficient (Wildman–Crippen LogP) is 5.32. The quantitative estimate of drug-likeness (QED) is 0.471. The van der Waals surface area contributed by atoms with Gasteiger partial charge in [0.2, 0.25) is 0 Å². The van der Waals surface area contributed by atoms with Gasteiger partial charge in [-0.1, -0.05) is 41.4 Å². The van der Waals surface area contributed by atoms with Crippen molar-refractivity contribution in [2.24, 2.45) is 11.8 Å². The Morgan fingerprint density at radius 1 is 1.22 bits per heavy atom. The number of nitrogens with zero attached hydrogens (tertiary/aromatic N) is 1. The second-order valence-corrected chi connectivity index (χ2v) is 9.82. The summed E-state index contributed by atoms with van der Waals surface area (Å²) in [7, 11) is 1.54. The Hall–Kier alpha value is -2.12. The molecule has 1 aromatic heterocycles. The van der Waals surface area contributed by atoms with Gasteiger partial charge in [0.25, 0.3) is 5.91 Å². The maximum Gasteiger partial charge on any atom is 0.251 e. The Morgan fingerprint density at radius 2 is 2.06 bits per heavy atom. The van der Waals surface area contributed by atoms with Crippen LogP contribution in [0.4, 0.5) is 0 Å². The molecule has 1 fully saturated rings. The number of thiazole rings is 1. The highest BCUT2D eigenvalue weighted by Crippen LogP contribution is 2.33. The number of piperidine rings is 1. The van der Waals surface area contributed by atoms with Crippen LogP contribution in [0.3, 0.4) is 0 Å². The zero-order valence-corrected chi connectivity index (χ0v) is 20.1. The fourth-order valence-corrected chi connectivity index (χ4v) is 5.55. The molecule has 3 aromatic rings. The molecule has 32 heavy (non-hydrogen) atoms. The van der Waals surface area contributed by atoms with Gasteiger partial charge in [-0.05, 0) is 62.0 Å². The van der Waals surface area contributed by atoms with Crippen LogP contribution < -0.4 is 15.4 Å². The van der Waals surface area contributed by atoms with Crippen molar-refractivity contribution in [3.05, 3.63) is 69.1 Å². The van der Waals surface area contributed by atoms with Crippen LogP contribution in [0.25, 0.3) is 10.6 Å². The number of rotatable bonds is 7. The molecule has 1 amide bonds. The van der Waals surface area contributed by atoms with Gasteiger partial charge < -0.3 is 15.4 Å². The van der Waals surface area contributed by atoms with E-state index in [1.807, 2.05) is 30.5 Å². The number of benzene rings is 2. The van der Waals surface area contributed by atoms with E-state index in [4.69, 9.17) is 27.9 Å². The molecule has 1 aliphatic rings. The number of hydrogen-bond acceptors (Lipinski definition) is 5. The highest BCUT2D eigenvalue weighted by atomic mass is 35.5. The van der Waals surface area contributed by atoms with Gasteiger partial charge in [-0.15, -0.1) is 11.3 Å². The summed E-state index contributed by atoms with van der Waals surface area (Å²) in [6.45, 7) is 2.51. The summed E-state index contributed by atoms with van der Waals surface area (Å²) < 4.78 is 5.22. The van der Waals surface area contributed by atoms with E-state index in [2.05, 4.69) is 15.6 Å². The molecule has 0 bridgehead atoms. The predicted molar refractivity (Wildman–Crippen MR) is 131 cm³/mol. The van der Waals surface area contributed by atoms with E-state index in [-0.39, 0.29) is 5.91 Å². The van der Waals surface area contributed by atoms with Crippen molar-refractivity contribution in [2.75, 3.05) is 26.7 Å². The van der Waals surface area contributed by atoms with Gasteiger partial charge in [-0.25, -0.2) is 4.98 Å². The van der Waals surface area contributed by atoms with Gasteiger partial charge in [-0.3, -0.25) is 4.79 Å². The monoisotopic (exact) mass is 489 g/mol. The fraction of sp³-hybridized carbons (Fsp3) is 0.333. The molecular weight excluding hydrogens is 465 g/mol. The number of nitrogens with one attached hydrogen (secondary N) is 2. The number of ether oxygens (including phenoxy) is 1. The molecule has 2 atom stereocenters. The first-order chi connectivity index (χ1) is 15.5. The Bertz CT molecular complexity index is 1090. The molecule has 2 unspecified atom stereocenters. The highest BCUT2D eigenvalue weighted by Gasteiger charge is 2.26. The zero-order valence-electron chi connectivity index (χ0n) is 17.7. The van der Waals surface area contributed by atoms with Crippen molar-refractivity contribution in [1.82, 2.24) is 15.6 Å². The summed E-state index contributed by atoms with van der Waals surface area (Å²) in [6, 6.07) is 12.9. The van der Waals surface area contributed by atoms with Crippen LogP contribution in [-0.2, 0) is 6.42 Å². The van der Waals surface area contributed by atoms with Crippen molar-refractivity contribution in [3.8, 4) is 16.3 Å². The summed E-state index contributed by atoms with van der Waals surface area (Å²) in [4.78, 5) is 18.5. The fourth-order valence-electron chi connectivity index (χ4n) is 4.03. The number of carbonyl (C=O) groups excluding carboxylic acids is 1. The average molecular weight is 490 g/mol. The topological polar surface area (TPSA) is 63.2 Å². The van der Waals surface area contributed by atoms with E-state index < -0.39 is 0 Å². The first-order valence-electron chi connectivity index (χ1n) is 10.6. The minimum atomic E-state index is -0.115. The Morgan fingerprint density at radius 3 is 2.88 bits per heavy atom. The van der Waals surface area contributed by atoms with Gasteiger partial charge in [-0.2, -0.15) is 0 Å². The van der Waals surface area contributed by atoms with Crippen molar-refractivity contribution in [3.63, 3.8) is 0 Å². The molecule has 1 saturated heterocycles. The summed E-state index contributed by atoms with van der Waals surface area (Å²) in [5.41, 5.74) is 1.51. The summed E-state index contributed by atoms with van der Waals surface area (Å²) >= 11 is 14.1. The lowest BCUT2D eigenvalue weighted by Crippen LogP contribution is -2.43. The number of halogens is 2. The Kier molecular flexibility index (Phi) is 7.68. The number of aromatic nitrogens is 1. The molecule has 0 spiro atoms. The van der Waals surface area contributed by atoms with Crippen LogP contribution in [0.1, 0.15) is 21.7 Å². The molecule has 0 radical (unpaired) electrons. The molecule has 8 heteroatoms. The maximum absolute atomic E-state index is 12.7. The first-order valence-corrected chi connectivity index (χ1v) is 12.1. The van der Waals surface area contributed by atoms with E-state index in [0.29, 0.717) is 39.7 Å². The number of hydrogen-bond donors (Lipinski definition) is 2. The highest BCUT2D eigenvalue weighted by molar-refractivity contribution is 7.15. The van der Waals surface area contributed by atoms with E-state index in [1.54, 1.807) is 36.6 Å². The van der Waals surface area contributed by atoms with Gasteiger partial charge in [0.1, 0.15) is 10.8 Å². The second kappa shape index (κ2) is 10.7. The number of methoxy groups -OCH3 is 1. The standard InChI is InChI=1S/C24H25Cl2N3O2S/c1-31-22-11-15(6-7-21(22)26)23(30)28-13-16-8-9-27-12-17(16)10-18-14-29-24(32-18)19-4-2-3-5-20(19)25/h2-7,11,14,16-17,27H,8-10,12-13H2,1H3,(H,28,30). The lowest BCUT2D eigenvalue weighted by molar-refractivity contribution is 0.0936. The molecule has 0 saturated carbocycles. The van der Waals surface area contributed by atoms with E-state index in [9.17, 15) is 4.79 Å². The number of carbonyl (C=O) groups is 1. The smallest absolute Gasteiger partial charge is 0.251 e. The molecular formula is C24H25Cl2N3O2S. The van der Waals surface area contributed by atoms with E-state index in [0.717, 1.165) is 36.5 Å². The van der Waals surface area contributed by atoms with E-state index >= 15 is 0 Å². The molecule has 2 N–H and O–H groups in total. The molecule has 5 nitrogen and oxygen atoms in total. The SMILES string of the molecule is COc1cc(C(=O)NCC2CCNCC2Cc2cnc(-c3ccccc3Cl)s2)ccc1Cl. The van der Waals surface area contributed by atoms with E-state index in [1.165, 1.54) is 4.88 Å². The first kappa shape index (κ1) is 23.1. The average Bonchev–Trinajstić information content (AvgIpc) is 3.27. The maximum atomic E-state index is 12.7. The van der Waals surface area contributed by atoms with Crippen LogP contribution >= 0.6 is 34.5 Å². The van der Waals surface area contributed by atoms with Gasteiger partial charge >= 0.3 is 0 Å². The molecule has 4 rings (SSSR count). The van der Waals surface area contributed by atoms with Crippen LogP contribution in [0, 0.1) is 11.8 Å². The van der Waals surface area contributed by atoms with Gasteiger partial charge in [0.05, 0.1) is 17.2 Å². The molecule has 0 aliphatic carbocycles. The van der Waals surface area contributed by atoms with Crippen LogP contribution in [0.15, 0.2) is 48.7 Å². The summed E-state index contributed by atoms with van der Waals surface area (Å²) in [6.07, 6.45) is 3.89. The van der Waals surface area contributed by atoms with Crippen molar-refractivity contribution >= 4 is 40.4 Å². The Labute approximate surface area is 202 Å². The van der Waals surface area contributed by atoms with Crippen LogP contribution in [-0.4, -0.2) is 37.6 Å². The summed E-state index contributed by atoms with van der Waals surface area (Å²) in [5.74, 6) is 1.19. The third kappa shape index (κ3) is 5.44. The molecule has 2 heterocycles. The third-order valence-corrected chi connectivity index (χ3v) is 7.52. The van der Waals surface area contributed by atoms with Crippen molar-refractivity contribution in [2.45, 2.75) is 12.8 Å². The Balaban J connectivity index is 1.39. The minimum absolute atomic E-state index is 0.115. The lowest BCUT2D eigenvalue weighted by Gasteiger charge is -2.32. The second-order valence-electron chi connectivity index (χ2n) is 7.89. The third-order valence-electron chi connectivity index (χ3n) is 5.82. The van der Waals surface area contributed by atoms with Gasteiger partial charge in [0.15, 0.2) is 0 Å². The normalized spacial score (nSPS) is 18.3. The van der Waals surface area contributed by atoms with Gasteiger partial charge in [0, 0.05) is 28.7 Å². The van der Waals surface area contributed by atoms with Crippen LogP contribution in [0.2, 0.25) is 10.0 Å².